The van der Waals surface area contributed by atoms with Gasteiger partial charge in [-0.3, -0.25) is 14.9 Å². The Hall–Kier alpha value is -1.47. The lowest BCUT2D eigenvalue weighted by Crippen LogP contribution is -2.27. The second kappa shape index (κ2) is 7.96. The SMILES string of the molecule is CC(C)COCCNC(=O)c1ccc(Br)c([N+](=O)[O-])c1. The van der Waals surface area contributed by atoms with Crippen molar-refractivity contribution < 1.29 is 14.5 Å². The molecule has 0 aliphatic heterocycles. The van der Waals surface area contributed by atoms with Crippen LogP contribution in [0.2, 0.25) is 0 Å². The third kappa shape index (κ3) is 5.26. The number of nitro groups is 1. The number of nitrogens with one attached hydrogen (secondary N) is 1. The Morgan fingerprint density at radius 1 is 1.50 bits per heavy atom. The molecule has 0 bridgehead atoms. The van der Waals surface area contributed by atoms with Gasteiger partial charge in [0.2, 0.25) is 0 Å². The molecule has 0 spiro atoms. The second-order valence-electron chi connectivity index (χ2n) is 4.65. The van der Waals surface area contributed by atoms with Crippen molar-refractivity contribution in [2.75, 3.05) is 19.8 Å². The molecular weight excluding hydrogens is 328 g/mol. The Balaban J connectivity index is 2.51. The van der Waals surface area contributed by atoms with Crippen LogP contribution in [0.25, 0.3) is 0 Å². The Morgan fingerprint density at radius 2 is 2.20 bits per heavy atom. The second-order valence-corrected chi connectivity index (χ2v) is 5.50. The first-order valence-electron chi connectivity index (χ1n) is 6.21. The van der Waals surface area contributed by atoms with E-state index in [0.29, 0.717) is 30.1 Å². The molecule has 0 aliphatic rings. The number of carbonyl (C=O) groups is 1. The summed E-state index contributed by atoms with van der Waals surface area (Å²) in [5, 5.41) is 13.4. The number of carbonyl (C=O) groups excluding carboxylic acids is 1. The van der Waals surface area contributed by atoms with E-state index < -0.39 is 4.92 Å². The highest BCUT2D eigenvalue weighted by molar-refractivity contribution is 9.10. The standard InChI is InChI=1S/C13H17BrN2O4/c1-9(2)8-20-6-5-15-13(17)10-3-4-11(14)12(7-10)16(18)19/h3-4,7,9H,5-6,8H2,1-2H3,(H,15,17). The zero-order valence-corrected chi connectivity index (χ0v) is 13.0. The predicted molar refractivity (Wildman–Crippen MR) is 78.8 cm³/mol. The topological polar surface area (TPSA) is 81.5 Å². The van der Waals surface area contributed by atoms with E-state index in [2.05, 4.69) is 21.2 Å². The van der Waals surface area contributed by atoms with Crippen LogP contribution in [0, 0.1) is 16.0 Å². The molecule has 0 heterocycles. The lowest BCUT2D eigenvalue weighted by atomic mass is 10.2. The minimum atomic E-state index is -0.535. The average molecular weight is 345 g/mol. The molecule has 0 saturated carbocycles. The van der Waals surface area contributed by atoms with E-state index in [1.807, 2.05) is 13.8 Å². The quantitative estimate of drug-likeness (QED) is 0.468. The molecule has 20 heavy (non-hydrogen) atoms. The highest BCUT2D eigenvalue weighted by Gasteiger charge is 2.15. The van der Waals surface area contributed by atoms with Gasteiger partial charge in [0.05, 0.1) is 16.0 Å². The Bertz CT molecular complexity index is 491. The van der Waals surface area contributed by atoms with Crippen molar-refractivity contribution in [2.24, 2.45) is 5.92 Å². The maximum atomic E-state index is 11.8. The first-order valence-corrected chi connectivity index (χ1v) is 7.01. The van der Waals surface area contributed by atoms with Gasteiger partial charge >= 0.3 is 0 Å². The molecule has 7 heteroatoms. The van der Waals surface area contributed by atoms with Gasteiger partial charge in [-0.05, 0) is 34.0 Å². The van der Waals surface area contributed by atoms with Crippen LogP contribution in [0.5, 0.6) is 0 Å². The molecule has 0 saturated heterocycles. The molecule has 0 unspecified atom stereocenters. The van der Waals surface area contributed by atoms with Gasteiger partial charge in [0.1, 0.15) is 0 Å². The molecule has 0 radical (unpaired) electrons. The summed E-state index contributed by atoms with van der Waals surface area (Å²) in [6.07, 6.45) is 0. The molecule has 0 aliphatic carbocycles. The molecular formula is C13H17BrN2O4. The van der Waals surface area contributed by atoms with Crippen LogP contribution in [-0.2, 0) is 4.74 Å². The lowest BCUT2D eigenvalue weighted by molar-refractivity contribution is -0.385. The summed E-state index contributed by atoms with van der Waals surface area (Å²) in [4.78, 5) is 22.1. The first kappa shape index (κ1) is 16.6. The van der Waals surface area contributed by atoms with Gasteiger partial charge in [-0.1, -0.05) is 13.8 Å². The van der Waals surface area contributed by atoms with E-state index in [0.717, 1.165) is 0 Å². The number of nitro benzene ring substituents is 1. The molecule has 1 N–H and O–H groups in total. The van der Waals surface area contributed by atoms with E-state index in [1.54, 1.807) is 0 Å². The van der Waals surface area contributed by atoms with E-state index in [9.17, 15) is 14.9 Å². The van der Waals surface area contributed by atoms with Gasteiger partial charge < -0.3 is 10.1 Å². The van der Waals surface area contributed by atoms with Crippen molar-refractivity contribution >= 4 is 27.5 Å². The van der Waals surface area contributed by atoms with Crippen molar-refractivity contribution in [3.8, 4) is 0 Å². The number of nitrogens with zero attached hydrogens (tertiary/aromatic N) is 1. The van der Waals surface area contributed by atoms with Crippen LogP contribution in [0.3, 0.4) is 0 Å². The maximum absolute atomic E-state index is 11.8. The van der Waals surface area contributed by atoms with Gasteiger partial charge in [0.25, 0.3) is 11.6 Å². The molecule has 1 amide bonds. The molecule has 6 nitrogen and oxygen atoms in total. The van der Waals surface area contributed by atoms with Crippen LogP contribution in [0.4, 0.5) is 5.69 Å². The van der Waals surface area contributed by atoms with E-state index in [4.69, 9.17) is 4.74 Å². The molecule has 1 rings (SSSR count). The van der Waals surface area contributed by atoms with Crippen LogP contribution in [0.1, 0.15) is 24.2 Å². The molecule has 110 valence electrons. The van der Waals surface area contributed by atoms with Crippen molar-refractivity contribution in [3.05, 3.63) is 38.3 Å². The largest absolute Gasteiger partial charge is 0.379 e. The van der Waals surface area contributed by atoms with Crippen molar-refractivity contribution in [3.63, 3.8) is 0 Å². The molecule has 1 aromatic rings. The third-order valence-electron chi connectivity index (χ3n) is 2.39. The summed E-state index contributed by atoms with van der Waals surface area (Å²) >= 11 is 3.07. The summed E-state index contributed by atoms with van der Waals surface area (Å²) in [5.41, 5.74) is 0.123. The zero-order chi connectivity index (χ0) is 15.1. The summed E-state index contributed by atoms with van der Waals surface area (Å²) in [6, 6.07) is 4.26. The summed E-state index contributed by atoms with van der Waals surface area (Å²) in [5.74, 6) is 0.0913. The van der Waals surface area contributed by atoms with Crippen molar-refractivity contribution in [2.45, 2.75) is 13.8 Å². The minimum absolute atomic E-state index is 0.131. The van der Waals surface area contributed by atoms with E-state index in [1.165, 1.54) is 18.2 Å². The first-order chi connectivity index (χ1) is 9.41. The van der Waals surface area contributed by atoms with E-state index >= 15 is 0 Å². The van der Waals surface area contributed by atoms with Gasteiger partial charge in [-0.2, -0.15) is 0 Å². The van der Waals surface area contributed by atoms with Crippen molar-refractivity contribution in [1.82, 2.24) is 5.32 Å². The van der Waals surface area contributed by atoms with Crippen LogP contribution in [0.15, 0.2) is 22.7 Å². The highest BCUT2D eigenvalue weighted by Crippen LogP contribution is 2.25. The smallest absolute Gasteiger partial charge is 0.284 e. The molecule has 0 atom stereocenters. The van der Waals surface area contributed by atoms with Gasteiger partial charge in [0.15, 0.2) is 0 Å². The van der Waals surface area contributed by atoms with Crippen molar-refractivity contribution in [1.29, 1.82) is 0 Å². The number of benzene rings is 1. The number of halogens is 1. The van der Waals surface area contributed by atoms with Gasteiger partial charge in [-0.25, -0.2) is 0 Å². The monoisotopic (exact) mass is 344 g/mol. The number of rotatable bonds is 7. The van der Waals surface area contributed by atoms with Gasteiger partial charge in [-0.15, -0.1) is 0 Å². The fraction of sp³-hybridized carbons (Fsp3) is 0.462. The van der Waals surface area contributed by atoms with E-state index in [-0.39, 0.29) is 17.2 Å². The maximum Gasteiger partial charge on any atom is 0.284 e. The minimum Gasteiger partial charge on any atom is -0.379 e. The van der Waals surface area contributed by atoms with Crippen LogP contribution >= 0.6 is 15.9 Å². The summed E-state index contributed by atoms with van der Waals surface area (Å²) in [6.45, 7) is 5.51. The normalized spacial score (nSPS) is 10.6. The molecule has 0 fully saturated rings. The number of hydrogen-bond donors (Lipinski definition) is 1. The molecule has 1 aromatic carbocycles. The third-order valence-corrected chi connectivity index (χ3v) is 3.06. The fourth-order valence-corrected chi connectivity index (χ4v) is 1.84. The van der Waals surface area contributed by atoms with Crippen LogP contribution < -0.4 is 5.32 Å². The summed E-state index contributed by atoms with van der Waals surface area (Å²) < 4.78 is 5.68. The van der Waals surface area contributed by atoms with Gasteiger partial charge in [0, 0.05) is 24.8 Å². The summed E-state index contributed by atoms with van der Waals surface area (Å²) in [7, 11) is 0. The van der Waals surface area contributed by atoms with Crippen LogP contribution in [-0.4, -0.2) is 30.6 Å². The Morgan fingerprint density at radius 3 is 2.80 bits per heavy atom. The predicted octanol–water partition coefficient (Wildman–Crippen LogP) is 2.76. The molecule has 0 aromatic heterocycles. The Labute approximate surface area is 125 Å². The highest BCUT2D eigenvalue weighted by atomic mass is 79.9. The number of ether oxygens (including phenoxy) is 1. The number of amides is 1. The average Bonchev–Trinajstić information content (AvgIpc) is 2.37. The lowest BCUT2D eigenvalue weighted by Gasteiger charge is -2.08. The zero-order valence-electron chi connectivity index (χ0n) is 11.4. The fourth-order valence-electron chi connectivity index (χ4n) is 1.45. The number of hydrogen-bond acceptors (Lipinski definition) is 4. The Kier molecular flexibility index (Phi) is 6.60.